The van der Waals surface area contributed by atoms with Crippen molar-refractivity contribution in [3.8, 4) is 17.2 Å². The van der Waals surface area contributed by atoms with Gasteiger partial charge in [-0.15, -0.1) is 0 Å². The molecule has 0 unspecified atom stereocenters. The Labute approximate surface area is 102 Å². The molecule has 2 aromatic carbocycles. The topological polar surface area (TPSA) is 35.8 Å². The van der Waals surface area contributed by atoms with Gasteiger partial charge < -0.3 is 5.32 Å². The molecule has 17 heavy (non-hydrogen) atoms. The molecule has 0 saturated heterocycles. The second kappa shape index (κ2) is 5.29. The Bertz CT molecular complexity index is 553. The lowest BCUT2D eigenvalue weighted by Crippen LogP contribution is -2.06. The third-order valence-corrected chi connectivity index (χ3v) is 2.69. The van der Waals surface area contributed by atoms with Crippen LogP contribution in [-0.4, -0.2) is 7.05 Å². The molecule has 0 bridgehead atoms. The lowest BCUT2D eigenvalue weighted by Gasteiger charge is -2.09. The molecule has 0 aromatic heterocycles. The number of hydrogen-bond donors (Lipinski definition) is 1. The summed E-state index contributed by atoms with van der Waals surface area (Å²) >= 11 is 0. The van der Waals surface area contributed by atoms with Crippen LogP contribution in [0, 0.1) is 11.3 Å². The summed E-state index contributed by atoms with van der Waals surface area (Å²) in [6, 6.07) is 18.1. The van der Waals surface area contributed by atoms with Gasteiger partial charge in [-0.1, -0.05) is 36.4 Å². The lowest BCUT2D eigenvalue weighted by atomic mass is 9.98. The van der Waals surface area contributed by atoms with Crippen molar-refractivity contribution in [3.63, 3.8) is 0 Å². The van der Waals surface area contributed by atoms with Crippen molar-refractivity contribution in [1.82, 2.24) is 5.32 Å². The molecule has 0 atom stereocenters. The van der Waals surface area contributed by atoms with E-state index in [1.54, 1.807) is 0 Å². The third-order valence-electron chi connectivity index (χ3n) is 2.69. The molecule has 0 amide bonds. The molecule has 0 saturated carbocycles. The Hall–Kier alpha value is -2.11. The largest absolute Gasteiger partial charge is 0.316 e. The van der Waals surface area contributed by atoms with Crippen molar-refractivity contribution in [2.75, 3.05) is 7.05 Å². The average molecular weight is 222 g/mol. The van der Waals surface area contributed by atoms with Crippen LogP contribution in [0.15, 0.2) is 48.5 Å². The maximum atomic E-state index is 8.92. The van der Waals surface area contributed by atoms with Gasteiger partial charge in [-0.2, -0.15) is 5.26 Å². The normalized spacial score (nSPS) is 9.88. The highest BCUT2D eigenvalue weighted by Gasteiger charge is 2.04. The smallest absolute Gasteiger partial charge is 0.0991 e. The van der Waals surface area contributed by atoms with Crippen LogP contribution in [-0.2, 0) is 6.54 Å². The van der Waals surface area contributed by atoms with Crippen LogP contribution in [0.1, 0.15) is 11.1 Å². The van der Waals surface area contributed by atoms with Crippen LogP contribution >= 0.6 is 0 Å². The highest BCUT2D eigenvalue weighted by molar-refractivity contribution is 5.68. The lowest BCUT2D eigenvalue weighted by molar-refractivity contribution is 0.819. The van der Waals surface area contributed by atoms with E-state index in [0.717, 1.165) is 12.1 Å². The number of nitrogens with zero attached hydrogens (tertiary/aromatic N) is 1. The maximum absolute atomic E-state index is 8.92. The summed E-state index contributed by atoms with van der Waals surface area (Å²) < 4.78 is 0. The minimum Gasteiger partial charge on any atom is -0.316 e. The first kappa shape index (κ1) is 11.4. The summed E-state index contributed by atoms with van der Waals surface area (Å²) in [6.45, 7) is 0.826. The molecule has 2 rings (SSSR count). The van der Waals surface area contributed by atoms with Gasteiger partial charge >= 0.3 is 0 Å². The van der Waals surface area contributed by atoms with Gasteiger partial charge in [0, 0.05) is 6.54 Å². The van der Waals surface area contributed by atoms with Gasteiger partial charge in [0.05, 0.1) is 11.6 Å². The molecule has 2 aromatic rings. The van der Waals surface area contributed by atoms with Crippen molar-refractivity contribution in [3.05, 3.63) is 59.7 Å². The van der Waals surface area contributed by atoms with E-state index in [0.29, 0.717) is 5.56 Å². The molecule has 0 fully saturated rings. The minimum atomic E-state index is 0.696. The Morgan fingerprint density at radius 2 is 1.94 bits per heavy atom. The fourth-order valence-electron chi connectivity index (χ4n) is 1.90. The minimum absolute atomic E-state index is 0.696. The zero-order valence-corrected chi connectivity index (χ0v) is 9.77. The predicted octanol–water partition coefficient (Wildman–Crippen LogP) is 2.94. The molecule has 0 radical (unpaired) electrons. The van der Waals surface area contributed by atoms with Crippen LogP contribution in [0.3, 0.4) is 0 Å². The second-order valence-electron chi connectivity index (χ2n) is 3.88. The SMILES string of the molecule is CNCc1ccccc1-c1cccc(C#N)c1. The Kier molecular flexibility index (Phi) is 3.54. The first-order valence-electron chi connectivity index (χ1n) is 5.58. The Balaban J connectivity index is 2.48. The van der Waals surface area contributed by atoms with Crippen LogP contribution in [0.2, 0.25) is 0 Å². The third kappa shape index (κ3) is 2.52. The fourth-order valence-corrected chi connectivity index (χ4v) is 1.90. The van der Waals surface area contributed by atoms with E-state index in [4.69, 9.17) is 5.26 Å². The summed E-state index contributed by atoms with van der Waals surface area (Å²) in [6.07, 6.45) is 0. The molecule has 2 heteroatoms. The summed E-state index contributed by atoms with van der Waals surface area (Å²) in [5, 5.41) is 12.1. The average Bonchev–Trinajstić information content (AvgIpc) is 2.40. The number of nitriles is 1. The van der Waals surface area contributed by atoms with E-state index in [1.807, 2.05) is 43.4 Å². The predicted molar refractivity (Wildman–Crippen MR) is 69.4 cm³/mol. The van der Waals surface area contributed by atoms with Gasteiger partial charge in [0.1, 0.15) is 0 Å². The van der Waals surface area contributed by atoms with E-state index >= 15 is 0 Å². The molecule has 1 N–H and O–H groups in total. The molecular formula is C15H14N2. The Morgan fingerprint density at radius 1 is 1.12 bits per heavy atom. The molecule has 0 heterocycles. The van der Waals surface area contributed by atoms with E-state index in [2.05, 4.69) is 23.5 Å². The highest BCUT2D eigenvalue weighted by atomic mass is 14.8. The van der Waals surface area contributed by atoms with Crippen molar-refractivity contribution in [2.24, 2.45) is 0 Å². The van der Waals surface area contributed by atoms with Crippen molar-refractivity contribution in [2.45, 2.75) is 6.54 Å². The maximum Gasteiger partial charge on any atom is 0.0991 e. The number of rotatable bonds is 3. The zero-order chi connectivity index (χ0) is 12.1. The van der Waals surface area contributed by atoms with Crippen LogP contribution in [0.5, 0.6) is 0 Å². The van der Waals surface area contributed by atoms with Crippen molar-refractivity contribution in [1.29, 1.82) is 5.26 Å². The van der Waals surface area contributed by atoms with Gasteiger partial charge in [0.2, 0.25) is 0 Å². The summed E-state index contributed by atoms with van der Waals surface area (Å²) in [5.41, 5.74) is 4.21. The summed E-state index contributed by atoms with van der Waals surface area (Å²) in [7, 11) is 1.93. The van der Waals surface area contributed by atoms with Gasteiger partial charge in [0.15, 0.2) is 0 Å². The summed E-state index contributed by atoms with van der Waals surface area (Å²) in [4.78, 5) is 0. The standard InChI is InChI=1S/C15H14N2/c1-17-11-14-6-2-3-8-15(14)13-7-4-5-12(9-13)10-16/h2-9,17H,11H2,1H3. The molecule has 0 aliphatic rings. The quantitative estimate of drug-likeness (QED) is 0.866. The van der Waals surface area contributed by atoms with E-state index in [9.17, 15) is 0 Å². The molecular weight excluding hydrogens is 208 g/mol. The highest BCUT2D eigenvalue weighted by Crippen LogP contribution is 2.24. The first-order chi connectivity index (χ1) is 8.35. The fraction of sp³-hybridized carbons (Fsp3) is 0.133. The molecule has 2 nitrogen and oxygen atoms in total. The molecule has 84 valence electrons. The molecule has 0 aliphatic heterocycles. The van der Waals surface area contributed by atoms with Crippen LogP contribution < -0.4 is 5.32 Å². The van der Waals surface area contributed by atoms with Crippen LogP contribution in [0.4, 0.5) is 0 Å². The van der Waals surface area contributed by atoms with Gasteiger partial charge in [-0.25, -0.2) is 0 Å². The van der Waals surface area contributed by atoms with Crippen LogP contribution in [0.25, 0.3) is 11.1 Å². The van der Waals surface area contributed by atoms with E-state index in [1.165, 1.54) is 11.1 Å². The second-order valence-corrected chi connectivity index (χ2v) is 3.88. The first-order valence-corrected chi connectivity index (χ1v) is 5.58. The van der Waals surface area contributed by atoms with Gasteiger partial charge in [-0.3, -0.25) is 0 Å². The van der Waals surface area contributed by atoms with E-state index < -0.39 is 0 Å². The van der Waals surface area contributed by atoms with Gasteiger partial charge in [-0.05, 0) is 35.9 Å². The zero-order valence-electron chi connectivity index (χ0n) is 9.77. The van der Waals surface area contributed by atoms with Crippen molar-refractivity contribution >= 4 is 0 Å². The number of hydrogen-bond acceptors (Lipinski definition) is 2. The Morgan fingerprint density at radius 3 is 2.71 bits per heavy atom. The number of nitrogens with one attached hydrogen (secondary N) is 1. The van der Waals surface area contributed by atoms with E-state index in [-0.39, 0.29) is 0 Å². The summed E-state index contributed by atoms with van der Waals surface area (Å²) in [5.74, 6) is 0. The van der Waals surface area contributed by atoms with Crippen molar-refractivity contribution < 1.29 is 0 Å². The monoisotopic (exact) mass is 222 g/mol. The molecule has 0 aliphatic carbocycles. The van der Waals surface area contributed by atoms with Gasteiger partial charge in [0.25, 0.3) is 0 Å². The molecule has 0 spiro atoms. The number of benzene rings is 2.